The fraction of sp³-hybridized carbons (Fsp3) is 0.261. The number of morpholine rings is 1. The molecule has 166 valence electrons. The number of carbonyl (C=O) groups is 2. The number of nitrogens with zero attached hydrogens (tertiary/aromatic N) is 2. The van der Waals surface area contributed by atoms with Crippen LogP contribution in [0.4, 0.5) is 5.13 Å². The van der Waals surface area contributed by atoms with E-state index in [0.717, 1.165) is 29.3 Å². The van der Waals surface area contributed by atoms with Gasteiger partial charge in [0.2, 0.25) is 0 Å². The van der Waals surface area contributed by atoms with Gasteiger partial charge in [-0.05, 0) is 30.7 Å². The van der Waals surface area contributed by atoms with Crippen LogP contribution in [0.3, 0.4) is 0 Å². The molecule has 0 saturated carbocycles. The number of rotatable bonds is 6. The number of benzene rings is 2. The van der Waals surface area contributed by atoms with Crippen molar-refractivity contribution < 1.29 is 19.1 Å². The summed E-state index contributed by atoms with van der Waals surface area (Å²) in [6, 6.07) is 14.9. The Morgan fingerprint density at radius 2 is 1.88 bits per heavy atom. The molecule has 2 amide bonds. The summed E-state index contributed by atoms with van der Waals surface area (Å²) in [5.41, 5.74) is 7.69. The second kappa shape index (κ2) is 10.3. The molecule has 1 aromatic heterocycles. The van der Waals surface area contributed by atoms with E-state index in [9.17, 15) is 9.59 Å². The standard InChI is InChI=1S/C23H24N4O4S/c1-16-4-2-5-17(12-16)14-31-19-7-3-6-18(13-19)21(28)25-26-22(29)20-15-32-23(24-20)27-8-10-30-11-9-27/h2-7,12-13,15H,8-11,14H2,1H3,(H,25,28)(H,26,29). The van der Waals surface area contributed by atoms with Crippen molar-refractivity contribution in [1.82, 2.24) is 15.8 Å². The maximum absolute atomic E-state index is 12.5. The molecule has 2 heterocycles. The Labute approximate surface area is 190 Å². The number of hydrazine groups is 1. The molecule has 2 N–H and O–H groups in total. The first kappa shape index (κ1) is 21.8. The Morgan fingerprint density at radius 1 is 1.09 bits per heavy atom. The minimum Gasteiger partial charge on any atom is -0.489 e. The third-order valence-electron chi connectivity index (χ3n) is 4.88. The molecule has 3 aromatic rings. The molecule has 4 rings (SSSR count). The second-order valence-electron chi connectivity index (χ2n) is 7.33. The van der Waals surface area contributed by atoms with E-state index in [-0.39, 0.29) is 5.69 Å². The van der Waals surface area contributed by atoms with Crippen molar-refractivity contribution >= 4 is 28.3 Å². The Morgan fingerprint density at radius 3 is 2.69 bits per heavy atom. The predicted molar refractivity (Wildman–Crippen MR) is 122 cm³/mol. The fourth-order valence-electron chi connectivity index (χ4n) is 3.21. The summed E-state index contributed by atoms with van der Waals surface area (Å²) >= 11 is 1.39. The van der Waals surface area contributed by atoms with Crippen LogP contribution in [0.1, 0.15) is 32.0 Å². The zero-order valence-electron chi connectivity index (χ0n) is 17.7. The van der Waals surface area contributed by atoms with Gasteiger partial charge in [-0.25, -0.2) is 4.98 Å². The molecule has 32 heavy (non-hydrogen) atoms. The van der Waals surface area contributed by atoms with Crippen molar-refractivity contribution in [2.24, 2.45) is 0 Å². The summed E-state index contributed by atoms with van der Waals surface area (Å²) in [4.78, 5) is 31.3. The zero-order valence-corrected chi connectivity index (χ0v) is 18.5. The van der Waals surface area contributed by atoms with E-state index in [1.807, 2.05) is 25.1 Å². The first-order valence-corrected chi connectivity index (χ1v) is 11.1. The fourth-order valence-corrected chi connectivity index (χ4v) is 4.07. The van der Waals surface area contributed by atoms with Crippen LogP contribution in [0.5, 0.6) is 5.75 Å². The minimum atomic E-state index is -0.471. The summed E-state index contributed by atoms with van der Waals surface area (Å²) < 4.78 is 11.1. The van der Waals surface area contributed by atoms with Crippen LogP contribution in [0, 0.1) is 6.92 Å². The average Bonchev–Trinajstić information content (AvgIpc) is 3.32. The molecule has 1 fully saturated rings. The Bertz CT molecular complexity index is 1090. The van der Waals surface area contributed by atoms with Gasteiger partial charge in [-0.15, -0.1) is 11.3 Å². The topological polar surface area (TPSA) is 92.8 Å². The minimum absolute atomic E-state index is 0.257. The normalized spacial score (nSPS) is 13.5. The second-order valence-corrected chi connectivity index (χ2v) is 8.17. The molecule has 2 aromatic carbocycles. The van der Waals surface area contributed by atoms with Crippen LogP contribution in [0.25, 0.3) is 0 Å². The van der Waals surface area contributed by atoms with Gasteiger partial charge in [-0.1, -0.05) is 35.9 Å². The van der Waals surface area contributed by atoms with Crippen LogP contribution in [-0.4, -0.2) is 43.1 Å². The highest BCUT2D eigenvalue weighted by molar-refractivity contribution is 7.13. The number of hydrogen-bond acceptors (Lipinski definition) is 7. The van der Waals surface area contributed by atoms with E-state index in [1.165, 1.54) is 11.3 Å². The first-order chi connectivity index (χ1) is 15.6. The molecule has 9 heteroatoms. The lowest BCUT2D eigenvalue weighted by Gasteiger charge is -2.25. The van der Waals surface area contributed by atoms with Gasteiger partial charge in [0.25, 0.3) is 11.8 Å². The monoisotopic (exact) mass is 452 g/mol. The molecule has 1 aliphatic rings. The smallest absolute Gasteiger partial charge is 0.289 e. The molecule has 0 bridgehead atoms. The van der Waals surface area contributed by atoms with Crippen LogP contribution in [-0.2, 0) is 11.3 Å². The molecule has 8 nitrogen and oxygen atoms in total. The van der Waals surface area contributed by atoms with Crippen molar-refractivity contribution in [2.75, 3.05) is 31.2 Å². The lowest BCUT2D eigenvalue weighted by molar-refractivity contribution is 0.0844. The third-order valence-corrected chi connectivity index (χ3v) is 5.78. The number of aromatic nitrogens is 1. The van der Waals surface area contributed by atoms with Crippen LogP contribution >= 0.6 is 11.3 Å². The summed E-state index contributed by atoms with van der Waals surface area (Å²) in [6.45, 7) is 5.20. The highest BCUT2D eigenvalue weighted by Crippen LogP contribution is 2.21. The zero-order chi connectivity index (χ0) is 22.3. The average molecular weight is 453 g/mol. The summed E-state index contributed by atoms with van der Waals surface area (Å²) in [7, 11) is 0. The van der Waals surface area contributed by atoms with Gasteiger partial charge in [0.1, 0.15) is 18.1 Å². The van der Waals surface area contributed by atoms with Crippen molar-refractivity contribution in [3.63, 3.8) is 0 Å². The molecular formula is C23H24N4O4S. The van der Waals surface area contributed by atoms with Crippen molar-refractivity contribution in [3.8, 4) is 5.75 Å². The van der Waals surface area contributed by atoms with Gasteiger partial charge in [-0.3, -0.25) is 20.4 Å². The molecule has 0 radical (unpaired) electrons. The maximum atomic E-state index is 12.5. The maximum Gasteiger partial charge on any atom is 0.289 e. The van der Waals surface area contributed by atoms with Gasteiger partial charge in [0.15, 0.2) is 5.13 Å². The van der Waals surface area contributed by atoms with Crippen LogP contribution < -0.4 is 20.5 Å². The van der Waals surface area contributed by atoms with E-state index >= 15 is 0 Å². The van der Waals surface area contributed by atoms with Gasteiger partial charge in [0, 0.05) is 24.0 Å². The summed E-state index contributed by atoms with van der Waals surface area (Å²) in [5.74, 6) is -0.343. The predicted octanol–water partition coefficient (Wildman–Crippen LogP) is 2.94. The number of ether oxygens (including phenoxy) is 2. The van der Waals surface area contributed by atoms with E-state index < -0.39 is 11.8 Å². The van der Waals surface area contributed by atoms with Gasteiger partial charge in [-0.2, -0.15) is 0 Å². The highest BCUT2D eigenvalue weighted by atomic mass is 32.1. The molecule has 0 atom stereocenters. The number of thiazole rings is 1. The summed E-state index contributed by atoms with van der Waals surface area (Å²) in [5, 5.41) is 2.44. The molecule has 1 saturated heterocycles. The number of hydrogen-bond donors (Lipinski definition) is 2. The lowest BCUT2D eigenvalue weighted by Crippen LogP contribution is -2.41. The van der Waals surface area contributed by atoms with Gasteiger partial charge >= 0.3 is 0 Å². The SMILES string of the molecule is Cc1cccc(COc2cccc(C(=O)NNC(=O)c3csc(N4CCOCC4)n3)c2)c1. The third kappa shape index (κ3) is 5.63. The van der Waals surface area contributed by atoms with E-state index in [2.05, 4.69) is 26.8 Å². The number of carbonyl (C=O) groups excluding carboxylic acids is 2. The van der Waals surface area contributed by atoms with Gasteiger partial charge < -0.3 is 14.4 Å². The van der Waals surface area contributed by atoms with Gasteiger partial charge in [0.05, 0.1) is 13.2 Å². The van der Waals surface area contributed by atoms with E-state index in [4.69, 9.17) is 9.47 Å². The van der Waals surface area contributed by atoms with Crippen molar-refractivity contribution in [2.45, 2.75) is 13.5 Å². The number of aryl methyl sites for hydroxylation is 1. The number of amides is 2. The molecular weight excluding hydrogens is 428 g/mol. The van der Waals surface area contributed by atoms with E-state index in [1.54, 1.807) is 29.6 Å². The molecule has 0 aliphatic carbocycles. The largest absolute Gasteiger partial charge is 0.489 e. The van der Waals surface area contributed by atoms with Crippen molar-refractivity contribution in [1.29, 1.82) is 0 Å². The Hall–Kier alpha value is -3.43. The Kier molecular flexibility index (Phi) is 6.98. The van der Waals surface area contributed by atoms with Crippen LogP contribution in [0.15, 0.2) is 53.9 Å². The first-order valence-electron chi connectivity index (χ1n) is 10.3. The lowest BCUT2D eigenvalue weighted by atomic mass is 10.1. The van der Waals surface area contributed by atoms with Crippen LogP contribution in [0.2, 0.25) is 0 Å². The number of nitrogens with one attached hydrogen (secondary N) is 2. The molecule has 1 aliphatic heterocycles. The molecule has 0 unspecified atom stereocenters. The van der Waals surface area contributed by atoms with E-state index in [0.29, 0.717) is 31.1 Å². The quantitative estimate of drug-likeness (QED) is 0.559. The Balaban J connectivity index is 1.30. The number of anilines is 1. The summed E-state index contributed by atoms with van der Waals surface area (Å²) in [6.07, 6.45) is 0. The van der Waals surface area contributed by atoms with Crippen molar-refractivity contribution in [3.05, 3.63) is 76.3 Å². The highest BCUT2D eigenvalue weighted by Gasteiger charge is 2.18. The molecule has 0 spiro atoms.